The van der Waals surface area contributed by atoms with Crippen molar-refractivity contribution in [2.75, 3.05) is 26.3 Å². The molecule has 35 heavy (non-hydrogen) atoms. The van der Waals surface area contributed by atoms with Crippen molar-refractivity contribution in [1.29, 1.82) is 0 Å². The fraction of sp³-hybridized carbons (Fsp3) is 0.750. The van der Waals surface area contributed by atoms with Gasteiger partial charge in [0.25, 0.3) is 0 Å². The fourth-order valence-corrected chi connectivity index (χ4v) is 5.34. The van der Waals surface area contributed by atoms with Gasteiger partial charge in [-0.1, -0.05) is 103 Å². The Bertz CT molecular complexity index is 840. The molecule has 1 aliphatic heterocycles. The molecule has 200 valence electrons. The molecule has 2 unspecified atom stereocenters. The van der Waals surface area contributed by atoms with Gasteiger partial charge in [-0.15, -0.1) is 0 Å². The Morgan fingerprint density at radius 1 is 0.943 bits per heavy atom. The third-order valence-corrected chi connectivity index (χ3v) is 7.40. The van der Waals surface area contributed by atoms with Crippen LogP contribution >= 0.6 is 0 Å². The van der Waals surface area contributed by atoms with Crippen LogP contribution in [0.25, 0.3) is 0 Å². The van der Waals surface area contributed by atoms with Crippen LogP contribution in [0, 0.1) is 5.92 Å². The molecule has 0 saturated carbocycles. The van der Waals surface area contributed by atoms with Crippen molar-refractivity contribution in [2.24, 2.45) is 5.92 Å². The molecule has 7 heteroatoms. The van der Waals surface area contributed by atoms with Gasteiger partial charge in [0.1, 0.15) is 6.54 Å². The number of hydrogen-bond donors (Lipinski definition) is 0. The van der Waals surface area contributed by atoms with E-state index in [0.29, 0.717) is 19.1 Å². The molecule has 0 saturated heterocycles. The van der Waals surface area contributed by atoms with E-state index in [2.05, 4.69) is 19.9 Å². The second-order valence-electron chi connectivity index (χ2n) is 9.98. The van der Waals surface area contributed by atoms with E-state index < -0.39 is 16.5 Å². The molecule has 0 N–H and O–H groups in total. The highest BCUT2D eigenvalue weighted by molar-refractivity contribution is 7.80. The van der Waals surface area contributed by atoms with E-state index in [4.69, 9.17) is 8.92 Å². The smallest absolute Gasteiger partial charge is 0.218 e. The molecule has 1 aromatic carbocycles. The van der Waals surface area contributed by atoms with Crippen LogP contribution in [0.1, 0.15) is 102 Å². The SMILES string of the molecule is CCCCCCCC(CCCCCC)CCOCC(C[N+]1=Cc2ccccc2CC1)OS(=O)(=O)[O-]. The van der Waals surface area contributed by atoms with Crippen LogP contribution in [0.5, 0.6) is 0 Å². The van der Waals surface area contributed by atoms with Crippen LogP contribution in [0.4, 0.5) is 0 Å². The quantitative estimate of drug-likeness (QED) is 0.0950. The van der Waals surface area contributed by atoms with Gasteiger partial charge in [-0.3, -0.25) is 4.18 Å². The lowest BCUT2D eigenvalue weighted by atomic mass is 9.92. The molecular formula is C28H47NO5S. The van der Waals surface area contributed by atoms with Gasteiger partial charge >= 0.3 is 0 Å². The molecule has 0 fully saturated rings. The van der Waals surface area contributed by atoms with Crippen molar-refractivity contribution in [3.8, 4) is 0 Å². The summed E-state index contributed by atoms with van der Waals surface area (Å²) in [5.74, 6) is 0.642. The first-order chi connectivity index (χ1) is 16.9. The van der Waals surface area contributed by atoms with E-state index in [1.165, 1.54) is 76.2 Å². The Hall–Kier alpha value is -1.28. The number of unbranched alkanes of at least 4 members (excludes halogenated alkanes) is 7. The van der Waals surface area contributed by atoms with Crippen LogP contribution in [0.2, 0.25) is 0 Å². The maximum absolute atomic E-state index is 11.3. The van der Waals surface area contributed by atoms with Gasteiger partial charge in [0.2, 0.25) is 10.4 Å². The summed E-state index contributed by atoms with van der Waals surface area (Å²) in [6.45, 7) is 6.22. The molecule has 0 aromatic heterocycles. The summed E-state index contributed by atoms with van der Waals surface area (Å²) in [7, 11) is -4.80. The van der Waals surface area contributed by atoms with Crippen molar-refractivity contribution < 1.29 is 26.5 Å². The number of benzene rings is 1. The van der Waals surface area contributed by atoms with E-state index in [9.17, 15) is 13.0 Å². The summed E-state index contributed by atoms with van der Waals surface area (Å²) in [5.41, 5.74) is 2.39. The molecule has 0 radical (unpaired) electrons. The number of hydrogen-bond acceptors (Lipinski definition) is 5. The van der Waals surface area contributed by atoms with Crippen LogP contribution in [0.15, 0.2) is 24.3 Å². The van der Waals surface area contributed by atoms with E-state index in [1.807, 2.05) is 29.0 Å². The third kappa shape index (κ3) is 13.6. The van der Waals surface area contributed by atoms with Gasteiger partial charge in [0.05, 0.1) is 6.61 Å². The van der Waals surface area contributed by atoms with Crippen molar-refractivity contribution in [3.05, 3.63) is 35.4 Å². The molecule has 1 aromatic rings. The van der Waals surface area contributed by atoms with Gasteiger partial charge < -0.3 is 9.29 Å². The summed E-state index contributed by atoms with van der Waals surface area (Å²) >= 11 is 0. The zero-order chi connectivity index (χ0) is 25.4. The van der Waals surface area contributed by atoms with E-state index in [1.54, 1.807) is 0 Å². The maximum Gasteiger partial charge on any atom is 0.218 e. The Morgan fingerprint density at radius 3 is 2.29 bits per heavy atom. The number of ether oxygens (including phenoxy) is 1. The van der Waals surface area contributed by atoms with Gasteiger partial charge in [0.15, 0.2) is 18.9 Å². The minimum atomic E-state index is -4.80. The monoisotopic (exact) mass is 509 g/mol. The molecule has 1 heterocycles. The first-order valence-corrected chi connectivity index (χ1v) is 15.1. The van der Waals surface area contributed by atoms with Crippen LogP contribution in [-0.2, 0) is 25.7 Å². The first kappa shape index (κ1) is 29.9. The lowest BCUT2D eigenvalue weighted by Crippen LogP contribution is -2.36. The molecular weight excluding hydrogens is 462 g/mol. The van der Waals surface area contributed by atoms with Crippen LogP contribution in [-0.4, -0.2) is 56.2 Å². The van der Waals surface area contributed by atoms with Crippen LogP contribution < -0.4 is 0 Å². The molecule has 0 aliphatic carbocycles. The van der Waals surface area contributed by atoms with Crippen molar-refractivity contribution in [2.45, 2.75) is 103 Å². The molecule has 6 nitrogen and oxygen atoms in total. The number of rotatable bonds is 20. The Morgan fingerprint density at radius 2 is 1.60 bits per heavy atom. The summed E-state index contributed by atoms with van der Waals surface area (Å²) in [4.78, 5) is 0. The van der Waals surface area contributed by atoms with E-state index in [-0.39, 0.29) is 6.61 Å². The van der Waals surface area contributed by atoms with Gasteiger partial charge in [-0.2, -0.15) is 0 Å². The van der Waals surface area contributed by atoms with Crippen LogP contribution in [0.3, 0.4) is 0 Å². The van der Waals surface area contributed by atoms with E-state index >= 15 is 0 Å². The summed E-state index contributed by atoms with van der Waals surface area (Å²) in [5, 5.41) is 0. The highest BCUT2D eigenvalue weighted by Crippen LogP contribution is 2.22. The molecule has 0 bridgehead atoms. The third-order valence-electron chi connectivity index (χ3n) is 6.89. The number of fused-ring (bicyclic) bond motifs is 1. The summed E-state index contributed by atoms with van der Waals surface area (Å²) in [6, 6.07) is 8.15. The molecule has 0 spiro atoms. The molecule has 2 atom stereocenters. The maximum atomic E-state index is 11.3. The highest BCUT2D eigenvalue weighted by Gasteiger charge is 2.23. The summed E-state index contributed by atoms with van der Waals surface area (Å²) < 4.78 is 46.7. The lowest BCUT2D eigenvalue weighted by molar-refractivity contribution is -0.532. The van der Waals surface area contributed by atoms with Gasteiger partial charge in [-0.05, 0) is 24.0 Å². The first-order valence-electron chi connectivity index (χ1n) is 13.8. The topological polar surface area (TPSA) is 78.7 Å². The van der Waals surface area contributed by atoms with Crippen molar-refractivity contribution in [3.63, 3.8) is 0 Å². The minimum absolute atomic E-state index is 0.104. The number of nitrogens with zero attached hydrogens (tertiary/aromatic N) is 1. The molecule has 2 rings (SSSR count). The predicted octanol–water partition coefficient (Wildman–Crippen LogP) is 5.87. The fourth-order valence-electron chi connectivity index (χ4n) is 4.89. The predicted molar refractivity (Wildman–Crippen MR) is 141 cm³/mol. The molecule has 0 amide bonds. The lowest BCUT2D eigenvalue weighted by Gasteiger charge is -2.21. The second kappa shape index (κ2) is 17.2. The Balaban J connectivity index is 1.83. The average molecular weight is 510 g/mol. The Labute approximate surface area is 214 Å². The highest BCUT2D eigenvalue weighted by atomic mass is 32.3. The normalized spacial score (nSPS) is 15.5. The zero-order valence-electron chi connectivity index (χ0n) is 22.0. The standard InChI is InChI=1S/C28H47NO5S/c1-3-5-7-9-11-15-25(14-10-8-6-4-2)19-21-33-24-28(34-35(30,31)32)23-29-20-18-26-16-12-13-17-27(26)22-29/h12-13,16-17,22,25,28H,3-11,14-15,18-21,23-24H2,1-2H3. The van der Waals surface area contributed by atoms with Gasteiger partial charge in [-0.25, -0.2) is 13.0 Å². The largest absolute Gasteiger partial charge is 0.726 e. The minimum Gasteiger partial charge on any atom is -0.726 e. The van der Waals surface area contributed by atoms with Crippen molar-refractivity contribution >= 4 is 16.6 Å². The summed E-state index contributed by atoms with van der Waals surface area (Å²) in [6.07, 6.45) is 17.1. The zero-order valence-corrected chi connectivity index (χ0v) is 22.8. The molecule has 1 aliphatic rings. The second-order valence-corrected chi connectivity index (χ2v) is 11.0. The average Bonchev–Trinajstić information content (AvgIpc) is 2.82. The van der Waals surface area contributed by atoms with Crippen molar-refractivity contribution in [1.82, 2.24) is 0 Å². The van der Waals surface area contributed by atoms with E-state index in [0.717, 1.165) is 24.9 Å². The van der Waals surface area contributed by atoms with Gasteiger partial charge in [0, 0.05) is 18.6 Å². The Kier molecular flexibility index (Phi) is 14.7.